The van der Waals surface area contributed by atoms with Gasteiger partial charge in [-0.1, -0.05) is 36.0 Å². The Morgan fingerprint density at radius 2 is 2.00 bits per heavy atom. The topological polar surface area (TPSA) is 78.5 Å². The first-order valence-corrected chi connectivity index (χ1v) is 10.4. The maximum Gasteiger partial charge on any atom is 0.263 e. The molecule has 0 aromatic heterocycles. The number of rotatable bonds is 4. The minimum atomic E-state index is -0.438. The number of thiocarbonyl (C=S) groups is 1. The summed E-state index contributed by atoms with van der Waals surface area (Å²) in [6, 6.07) is 4.91. The van der Waals surface area contributed by atoms with Crippen LogP contribution in [0.5, 0.6) is 0 Å². The second kappa shape index (κ2) is 8.18. The summed E-state index contributed by atoms with van der Waals surface area (Å²) in [5.41, 5.74) is 1.17. The van der Waals surface area contributed by atoms with Crippen molar-refractivity contribution in [1.82, 2.24) is 10.2 Å². The maximum absolute atomic E-state index is 13.0. The molecule has 6 nitrogen and oxygen atoms in total. The summed E-state index contributed by atoms with van der Waals surface area (Å²) in [6.45, 7) is 2.18. The van der Waals surface area contributed by atoms with Crippen molar-refractivity contribution in [3.63, 3.8) is 0 Å². The van der Waals surface area contributed by atoms with Gasteiger partial charge in [-0.2, -0.15) is 0 Å². The van der Waals surface area contributed by atoms with Gasteiger partial charge in [0.05, 0.1) is 22.4 Å². The number of piperidine rings is 1. The lowest BCUT2D eigenvalue weighted by atomic mass is 9.97. The number of amides is 3. The molecular weight excluding hydrogens is 410 g/mol. The number of hydrogen-bond acceptors (Lipinski definition) is 5. The fourth-order valence-corrected chi connectivity index (χ4v) is 4.31. The van der Waals surface area contributed by atoms with Crippen molar-refractivity contribution in [2.45, 2.75) is 19.3 Å². The largest absolute Gasteiger partial charge is 0.321 e. The molecule has 8 heteroatoms. The van der Waals surface area contributed by atoms with Crippen LogP contribution in [0.3, 0.4) is 0 Å². The quantitative estimate of drug-likeness (QED) is 0.568. The first kappa shape index (κ1) is 19.9. The second-order valence-electron chi connectivity index (χ2n) is 7.37. The summed E-state index contributed by atoms with van der Waals surface area (Å²) >= 11 is 11.3. The molecule has 3 aliphatic rings. The molecule has 1 aliphatic carbocycles. The molecular formula is C21H20ClN3O3S. The summed E-state index contributed by atoms with van der Waals surface area (Å²) in [5, 5.41) is 6.48. The summed E-state index contributed by atoms with van der Waals surface area (Å²) in [6.07, 6.45) is 5.53. The Hall–Kier alpha value is -2.35. The Morgan fingerprint density at radius 1 is 1.24 bits per heavy atom. The summed E-state index contributed by atoms with van der Waals surface area (Å²) in [4.78, 5) is 40.4. The van der Waals surface area contributed by atoms with Crippen LogP contribution >= 0.6 is 23.8 Å². The van der Waals surface area contributed by atoms with Crippen LogP contribution in [0.1, 0.15) is 40.0 Å². The van der Waals surface area contributed by atoms with Gasteiger partial charge in [0, 0.05) is 22.9 Å². The van der Waals surface area contributed by atoms with Gasteiger partial charge in [0.25, 0.3) is 17.7 Å². The van der Waals surface area contributed by atoms with E-state index in [4.69, 9.17) is 23.8 Å². The zero-order chi connectivity index (χ0) is 20.5. The molecule has 3 amide bonds. The number of nitrogens with one attached hydrogen (secondary N) is 2. The SMILES string of the molecule is O=C(Nc1cccc2c1C(=O)N(CC1CCNCC1)C2=O)C1=CC(Cl)=CCC1=S. The Balaban J connectivity index is 1.57. The molecule has 0 atom stereocenters. The molecule has 0 unspecified atom stereocenters. The Labute approximate surface area is 179 Å². The highest BCUT2D eigenvalue weighted by Crippen LogP contribution is 2.31. The minimum absolute atomic E-state index is 0.240. The van der Waals surface area contributed by atoms with Gasteiger partial charge >= 0.3 is 0 Å². The van der Waals surface area contributed by atoms with E-state index in [9.17, 15) is 14.4 Å². The van der Waals surface area contributed by atoms with Crippen molar-refractivity contribution in [1.29, 1.82) is 0 Å². The van der Waals surface area contributed by atoms with Gasteiger partial charge in [0.15, 0.2) is 0 Å². The van der Waals surface area contributed by atoms with Crippen LogP contribution in [-0.4, -0.2) is 47.1 Å². The standard InChI is InChI=1S/C21H20ClN3O3S/c22-13-4-5-17(29)15(10-13)19(26)24-16-3-1-2-14-18(16)21(28)25(20(14)27)11-12-6-8-23-9-7-12/h1-4,10,12,23H,5-9,11H2,(H,24,26). The molecule has 0 spiro atoms. The summed E-state index contributed by atoms with van der Waals surface area (Å²) in [7, 11) is 0. The summed E-state index contributed by atoms with van der Waals surface area (Å²) < 4.78 is 0. The average molecular weight is 430 g/mol. The van der Waals surface area contributed by atoms with Crippen molar-refractivity contribution in [3.8, 4) is 0 Å². The zero-order valence-corrected chi connectivity index (χ0v) is 17.2. The van der Waals surface area contributed by atoms with E-state index in [1.165, 1.54) is 11.0 Å². The fourth-order valence-electron chi connectivity index (χ4n) is 3.89. The van der Waals surface area contributed by atoms with E-state index in [-0.39, 0.29) is 23.3 Å². The molecule has 0 radical (unpaired) electrons. The van der Waals surface area contributed by atoms with Gasteiger partial charge in [0.1, 0.15) is 0 Å². The van der Waals surface area contributed by atoms with Gasteiger partial charge in [-0.3, -0.25) is 19.3 Å². The highest BCUT2D eigenvalue weighted by atomic mass is 35.5. The van der Waals surface area contributed by atoms with Crippen molar-refractivity contribution >= 4 is 52.1 Å². The number of imide groups is 1. The van der Waals surface area contributed by atoms with Crippen molar-refractivity contribution in [2.24, 2.45) is 5.92 Å². The molecule has 1 saturated heterocycles. The van der Waals surface area contributed by atoms with Gasteiger partial charge in [0.2, 0.25) is 0 Å². The lowest BCUT2D eigenvalue weighted by molar-refractivity contribution is -0.112. The minimum Gasteiger partial charge on any atom is -0.321 e. The third-order valence-corrected chi connectivity index (χ3v) is 6.11. The van der Waals surface area contributed by atoms with Crippen molar-refractivity contribution < 1.29 is 14.4 Å². The van der Waals surface area contributed by atoms with Gasteiger partial charge < -0.3 is 10.6 Å². The van der Waals surface area contributed by atoms with Gasteiger partial charge in [-0.15, -0.1) is 0 Å². The molecule has 1 fully saturated rings. The van der Waals surface area contributed by atoms with Crippen LogP contribution in [0.4, 0.5) is 5.69 Å². The normalized spacial score (nSPS) is 19.8. The van der Waals surface area contributed by atoms with Gasteiger partial charge in [-0.05, 0) is 50.1 Å². The average Bonchev–Trinajstić information content (AvgIpc) is 2.96. The summed E-state index contributed by atoms with van der Waals surface area (Å²) in [5.74, 6) is -0.822. The monoisotopic (exact) mass is 429 g/mol. The lowest BCUT2D eigenvalue weighted by Gasteiger charge is -2.26. The Kier molecular flexibility index (Phi) is 5.63. The highest BCUT2D eigenvalue weighted by molar-refractivity contribution is 7.81. The fraction of sp³-hybridized carbons (Fsp3) is 0.333. The number of carbonyl (C=O) groups is 3. The van der Waals surface area contributed by atoms with E-state index < -0.39 is 5.91 Å². The third kappa shape index (κ3) is 3.90. The molecule has 150 valence electrons. The molecule has 29 heavy (non-hydrogen) atoms. The number of halogens is 1. The second-order valence-corrected chi connectivity index (χ2v) is 8.30. The molecule has 2 aliphatic heterocycles. The van der Waals surface area contributed by atoms with Crippen LogP contribution in [0.15, 0.2) is 41.0 Å². The highest BCUT2D eigenvalue weighted by Gasteiger charge is 2.39. The zero-order valence-electron chi connectivity index (χ0n) is 15.7. The van der Waals surface area contributed by atoms with Gasteiger partial charge in [-0.25, -0.2) is 0 Å². The Bertz CT molecular complexity index is 979. The predicted octanol–water partition coefficient (Wildman–Crippen LogP) is 3.04. The van der Waals surface area contributed by atoms with Crippen LogP contribution in [-0.2, 0) is 4.79 Å². The van der Waals surface area contributed by atoms with Crippen molar-refractivity contribution in [2.75, 3.05) is 25.0 Å². The van der Waals surface area contributed by atoms with E-state index in [0.29, 0.717) is 39.7 Å². The first-order valence-electron chi connectivity index (χ1n) is 9.57. The van der Waals surface area contributed by atoms with Crippen LogP contribution < -0.4 is 10.6 Å². The van der Waals surface area contributed by atoms with E-state index in [2.05, 4.69) is 10.6 Å². The van der Waals surface area contributed by atoms with E-state index in [1.54, 1.807) is 24.3 Å². The maximum atomic E-state index is 13.0. The number of anilines is 1. The molecule has 2 heterocycles. The third-order valence-electron chi connectivity index (χ3n) is 5.46. The number of hydrogen-bond donors (Lipinski definition) is 2. The molecule has 4 rings (SSSR count). The number of benzene rings is 1. The number of nitrogens with zero attached hydrogens (tertiary/aromatic N) is 1. The number of carbonyl (C=O) groups excluding carboxylic acids is 3. The van der Waals surface area contributed by atoms with Crippen LogP contribution in [0, 0.1) is 5.92 Å². The van der Waals surface area contributed by atoms with E-state index in [0.717, 1.165) is 25.9 Å². The molecule has 0 saturated carbocycles. The first-order chi connectivity index (χ1) is 14.0. The smallest absolute Gasteiger partial charge is 0.263 e. The Morgan fingerprint density at radius 3 is 2.76 bits per heavy atom. The lowest BCUT2D eigenvalue weighted by Crippen LogP contribution is -2.39. The van der Waals surface area contributed by atoms with E-state index in [1.807, 2.05) is 0 Å². The van der Waals surface area contributed by atoms with Crippen molar-refractivity contribution in [3.05, 3.63) is 52.1 Å². The number of fused-ring (bicyclic) bond motifs is 1. The van der Waals surface area contributed by atoms with Crippen LogP contribution in [0.25, 0.3) is 0 Å². The van der Waals surface area contributed by atoms with Crippen LogP contribution in [0.2, 0.25) is 0 Å². The number of allylic oxidation sites excluding steroid dienone is 3. The molecule has 1 aromatic carbocycles. The molecule has 1 aromatic rings. The van der Waals surface area contributed by atoms with E-state index >= 15 is 0 Å². The molecule has 0 bridgehead atoms. The predicted molar refractivity (Wildman–Crippen MR) is 115 cm³/mol. The molecule has 2 N–H and O–H groups in total.